The normalized spacial score (nSPS) is 16.5. The molecule has 3 heteroatoms. The van der Waals surface area contributed by atoms with Crippen molar-refractivity contribution in [2.45, 2.75) is 18.9 Å². The second-order valence-corrected chi connectivity index (χ2v) is 4.18. The molecule has 1 N–H and O–H groups in total. The molecule has 1 fully saturated rings. The Morgan fingerprint density at radius 1 is 1.47 bits per heavy atom. The van der Waals surface area contributed by atoms with Crippen LogP contribution in [0.15, 0.2) is 12.1 Å². The summed E-state index contributed by atoms with van der Waals surface area (Å²) in [5, 5.41) is 5.43. The molecule has 1 aliphatic rings. The lowest BCUT2D eigenvalue weighted by molar-refractivity contribution is 0.112. The first-order valence-corrected chi connectivity index (χ1v) is 5.28. The summed E-state index contributed by atoms with van der Waals surface area (Å²) < 4.78 is 0. The number of carbonyl (C=O) groups excluding carboxylic acids is 1. The number of nitrogens with one attached hydrogen (secondary N) is 1. The summed E-state index contributed by atoms with van der Waals surface area (Å²) in [7, 11) is 0. The van der Waals surface area contributed by atoms with Crippen LogP contribution in [0, 0.1) is 0 Å². The molecule has 0 radical (unpaired) electrons. The van der Waals surface area contributed by atoms with Gasteiger partial charge < -0.3 is 5.32 Å². The zero-order valence-corrected chi connectivity index (χ0v) is 9.05. The fraction of sp³-hybridized carbons (Fsp3) is 0.250. The van der Waals surface area contributed by atoms with Gasteiger partial charge in [-0.3, -0.25) is 4.79 Å². The highest BCUT2D eigenvalue weighted by Gasteiger charge is 2.18. The largest absolute Gasteiger partial charge is 0.388 e. The van der Waals surface area contributed by atoms with Crippen molar-refractivity contribution in [2.75, 3.05) is 0 Å². The Morgan fingerprint density at radius 3 is 2.80 bits per heavy atom. The minimum Gasteiger partial charge on any atom is -0.388 e. The van der Waals surface area contributed by atoms with E-state index in [2.05, 4.69) is 11.9 Å². The van der Waals surface area contributed by atoms with Gasteiger partial charge in [-0.25, -0.2) is 0 Å². The van der Waals surface area contributed by atoms with Crippen molar-refractivity contribution < 1.29 is 4.79 Å². The topological polar surface area (TPSA) is 29.1 Å². The van der Waals surface area contributed by atoms with Crippen molar-refractivity contribution in [1.82, 2.24) is 5.32 Å². The van der Waals surface area contributed by atoms with E-state index in [1.807, 2.05) is 6.20 Å². The monoisotopic (exact) mass is 221 g/mol. The van der Waals surface area contributed by atoms with Gasteiger partial charge in [-0.05, 0) is 35.4 Å². The number of rotatable bonds is 3. The minimum absolute atomic E-state index is 0.531. The molecule has 0 atom stereocenters. The van der Waals surface area contributed by atoms with Crippen molar-refractivity contribution in [3.8, 4) is 0 Å². The molecule has 78 valence electrons. The summed E-state index contributed by atoms with van der Waals surface area (Å²) in [6, 6.07) is 4.00. The first kappa shape index (κ1) is 10.2. The van der Waals surface area contributed by atoms with E-state index in [4.69, 9.17) is 11.6 Å². The fourth-order valence-electron chi connectivity index (χ4n) is 1.33. The van der Waals surface area contributed by atoms with E-state index < -0.39 is 0 Å². The van der Waals surface area contributed by atoms with Gasteiger partial charge in [0.25, 0.3) is 0 Å². The molecule has 1 aliphatic carbocycles. The summed E-state index contributed by atoms with van der Waals surface area (Å²) >= 11 is 5.96. The van der Waals surface area contributed by atoms with E-state index in [9.17, 15) is 4.79 Å². The average Bonchev–Trinajstić information content (AvgIpc) is 3.03. The standard InChI is InChI=1S/C12H12ClNO/c1-8-10(6-14-11-2-3-11)4-9(7-15)5-12(8)13/h4-7,11,14H,1-3H2/b10-6-. The third-order valence-corrected chi connectivity index (χ3v) is 2.78. The van der Waals surface area contributed by atoms with Crippen molar-refractivity contribution in [3.05, 3.63) is 33.2 Å². The Bertz CT molecular complexity index is 491. The predicted octanol–water partition coefficient (Wildman–Crippen LogP) is 1.05. The summed E-state index contributed by atoms with van der Waals surface area (Å²) in [6.07, 6.45) is 5.10. The van der Waals surface area contributed by atoms with Crippen LogP contribution in [-0.2, 0) is 0 Å². The second-order valence-electron chi connectivity index (χ2n) is 3.77. The van der Waals surface area contributed by atoms with Gasteiger partial charge in [0.2, 0.25) is 0 Å². The molecule has 0 aliphatic heterocycles. The number of carbonyl (C=O) groups is 1. The van der Waals surface area contributed by atoms with Crippen LogP contribution in [0.4, 0.5) is 0 Å². The lowest BCUT2D eigenvalue weighted by Gasteiger charge is -1.98. The third-order valence-electron chi connectivity index (χ3n) is 2.44. The van der Waals surface area contributed by atoms with Gasteiger partial charge in [0.15, 0.2) is 0 Å². The Hall–Kier alpha value is -1.28. The van der Waals surface area contributed by atoms with E-state index >= 15 is 0 Å². The third kappa shape index (κ3) is 2.39. The van der Waals surface area contributed by atoms with Crippen LogP contribution in [0.3, 0.4) is 0 Å². The lowest BCUT2D eigenvalue weighted by atomic mass is 10.2. The van der Waals surface area contributed by atoms with E-state index in [0.717, 1.165) is 16.7 Å². The molecule has 15 heavy (non-hydrogen) atoms. The molecule has 0 bridgehead atoms. The molecule has 0 aromatic heterocycles. The SMILES string of the molecule is C=c1c(Cl)cc(C=O)c/c1=C/NC1CC1. The van der Waals surface area contributed by atoms with Crippen LogP contribution >= 0.6 is 11.6 Å². The molecule has 1 saturated carbocycles. The summed E-state index contributed by atoms with van der Waals surface area (Å²) in [4.78, 5) is 10.7. The molecule has 0 heterocycles. The van der Waals surface area contributed by atoms with E-state index in [-0.39, 0.29) is 0 Å². The van der Waals surface area contributed by atoms with E-state index in [1.165, 1.54) is 12.8 Å². The van der Waals surface area contributed by atoms with Gasteiger partial charge >= 0.3 is 0 Å². The van der Waals surface area contributed by atoms with Crippen molar-refractivity contribution in [3.63, 3.8) is 0 Å². The van der Waals surface area contributed by atoms with Crippen LogP contribution in [-0.4, -0.2) is 12.3 Å². The summed E-state index contributed by atoms with van der Waals surface area (Å²) in [5.74, 6) is 0. The summed E-state index contributed by atoms with van der Waals surface area (Å²) in [5.41, 5.74) is 0.580. The molecule has 0 amide bonds. The first-order chi connectivity index (χ1) is 7.20. The molecule has 0 unspecified atom stereocenters. The molecule has 1 aromatic carbocycles. The van der Waals surface area contributed by atoms with Gasteiger partial charge in [0.1, 0.15) is 6.29 Å². The van der Waals surface area contributed by atoms with Gasteiger partial charge in [0.05, 0.1) is 0 Å². The number of hydrogen-bond acceptors (Lipinski definition) is 2. The van der Waals surface area contributed by atoms with Crippen molar-refractivity contribution in [1.29, 1.82) is 0 Å². The van der Waals surface area contributed by atoms with E-state index in [1.54, 1.807) is 12.1 Å². The molecule has 1 aromatic rings. The van der Waals surface area contributed by atoms with Crippen LogP contribution in [0.2, 0.25) is 5.02 Å². The Morgan fingerprint density at radius 2 is 2.20 bits per heavy atom. The van der Waals surface area contributed by atoms with E-state index in [0.29, 0.717) is 16.6 Å². The maximum atomic E-state index is 10.7. The predicted molar refractivity (Wildman–Crippen MR) is 62.2 cm³/mol. The smallest absolute Gasteiger partial charge is 0.150 e. The first-order valence-electron chi connectivity index (χ1n) is 4.90. The maximum absolute atomic E-state index is 10.7. The zero-order valence-electron chi connectivity index (χ0n) is 8.29. The molecular formula is C12H12ClNO. The fourth-order valence-corrected chi connectivity index (χ4v) is 1.57. The van der Waals surface area contributed by atoms with Crippen molar-refractivity contribution in [2.24, 2.45) is 0 Å². The highest BCUT2D eigenvalue weighted by molar-refractivity contribution is 6.30. The zero-order chi connectivity index (χ0) is 10.8. The molecule has 2 nitrogen and oxygen atoms in total. The Labute approximate surface area is 93.3 Å². The van der Waals surface area contributed by atoms with Crippen LogP contribution < -0.4 is 15.8 Å². The average molecular weight is 222 g/mol. The Kier molecular flexibility index (Phi) is 2.78. The second kappa shape index (κ2) is 4.07. The van der Waals surface area contributed by atoms with Crippen LogP contribution in [0.5, 0.6) is 0 Å². The highest BCUT2D eigenvalue weighted by atomic mass is 35.5. The minimum atomic E-state index is 0.531. The number of halogens is 1. The van der Waals surface area contributed by atoms with Gasteiger partial charge in [-0.15, -0.1) is 0 Å². The number of aldehydes is 1. The maximum Gasteiger partial charge on any atom is 0.150 e. The lowest BCUT2D eigenvalue weighted by Crippen LogP contribution is -2.28. The molecule has 2 rings (SSSR count). The number of benzene rings is 1. The van der Waals surface area contributed by atoms with Crippen LogP contribution in [0.25, 0.3) is 12.8 Å². The van der Waals surface area contributed by atoms with Gasteiger partial charge in [0, 0.05) is 22.8 Å². The summed E-state index contributed by atoms with van der Waals surface area (Å²) in [6.45, 7) is 3.87. The van der Waals surface area contributed by atoms with Gasteiger partial charge in [-0.1, -0.05) is 18.2 Å². The number of hydrogen-bond donors (Lipinski definition) is 1. The quantitative estimate of drug-likeness (QED) is 0.774. The Balaban J connectivity index is 2.43. The molecular weight excluding hydrogens is 210 g/mol. The van der Waals surface area contributed by atoms with Crippen LogP contribution in [0.1, 0.15) is 23.2 Å². The molecule has 0 spiro atoms. The highest BCUT2D eigenvalue weighted by Crippen LogP contribution is 2.18. The van der Waals surface area contributed by atoms with Gasteiger partial charge in [-0.2, -0.15) is 0 Å². The molecule has 0 saturated heterocycles. The van der Waals surface area contributed by atoms with Crippen molar-refractivity contribution >= 4 is 30.7 Å².